The molecule has 0 radical (unpaired) electrons. The molecule has 3 rings (SSSR count). The highest BCUT2D eigenvalue weighted by Gasteiger charge is 2.19. The Hall–Kier alpha value is -1.71. The van der Waals surface area contributed by atoms with Gasteiger partial charge in [-0.25, -0.2) is 0 Å². The van der Waals surface area contributed by atoms with Crippen molar-refractivity contribution in [3.63, 3.8) is 0 Å². The SMILES string of the molecule is COCCn1cnnc1SC(C)c1nc(-c2cccs2)no1. The zero-order valence-corrected chi connectivity index (χ0v) is 13.8. The minimum atomic E-state index is -0.00768. The molecule has 7 nitrogen and oxygen atoms in total. The average Bonchev–Trinajstić information content (AvgIpc) is 3.25. The van der Waals surface area contributed by atoms with E-state index in [1.165, 1.54) is 11.8 Å². The van der Waals surface area contributed by atoms with Crippen LogP contribution in [0.5, 0.6) is 0 Å². The standard InChI is InChI=1S/C13H15N5O2S2/c1-9(22-13-16-14-8-18(13)5-6-19-2)12-15-11(17-20-12)10-4-3-7-21-10/h3-4,7-9H,5-6H2,1-2H3. The van der Waals surface area contributed by atoms with E-state index in [4.69, 9.17) is 9.26 Å². The van der Waals surface area contributed by atoms with Crippen molar-refractivity contribution in [2.75, 3.05) is 13.7 Å². The molecule has 0 aliphatic rings. The number of aromatic nitrogens is 5. The van der Waals surface area contributed by atoms with Crippen LogP contribution in [0.15, 0.2) is 33.5 Å². The molecule has 22 heavy (non-hydrogen) atoms. The highest BCUT2D eigenvalue weighted by Crippen LogP contribution is 2.33. The van der Waals surface area contributed by atoms with Gasteiger partial charge in [0.2, 0.25) is 11.7 Å². The molecule has 0 aromatic carbocycles. The van der Waals surface area contributed by atoms with Gasteiger partial charge in [-0.15, -0.1) is 21.5 Å². The predicted octanol–water partition coefficient (Wildman–Crippen LogP) is 2.89. The van der Waals surface area contributed by atoms with Gasteiger partial charge in [-0.05, 0) is 18.4 Å². The molecule has 0 N–H and O–H groups in total. The monoisotopic (exact) mass is 337 g/mol. The van der Waals surface area contributed by atoms with Gasteiger partial charge in [-0.2, -0.15) is 4.98 Å². The van der Waals surface area contributed by atoms with E-state index in [1.807, 2.05) is 29.0 Å². The number of hydrogen-bond acceptors (Lipinski definition) is 8. The van der Waals surface area contributed by atoms with Gasteiger partial charge in [-0.1, -0.05) is 23.0 Å². The van der Waals surface area contributed by atoms with Gasteiger partial charge in [0.05, 0.1) is 16.7 Å². The summed E-state index contributed by atoms with van der Waals surface area (Å²) in [5.41, 5.74) is 0. The first kappa shape index (κ1) is 15.2. The van der Waals surface area contributed by atoms with E-state index in [2.05, 4.69) is 20.3 Å². The molecule has 0 amide bonds. The fourth-order valence-electron chi connectivity index (χ4n) is 1.79. The van der Waals surface area contributed by atoms with Crippen LogP contribution >= 0.6 is 23.1 Å². The number of methoxy groups -OCH3 is 1. The van der Waals surface area contributed by atoms with Gasteiger partial charge in [0.1, 0.15) is 6.33 Å². The normalized spacial score (nSPS) is 12.6. The minimum absolute atomic E-state index is 0.00768. The van der Waals surface area contributed by atoms with Crippen LogP contribution in [0.2, 0.25) is 0 Å². The maximum Gasteiger partial charge on any atom is 0.240 e. The Morgan fingerprint density at radius 1 is 1.50 bits per heavy atom. The minimum Gasteiger partial charge on any atom is -0.383 e. The lowest BCUT2D eigenvalue weighted by Crippen LogP contribution is -2.05. The summed E-state index contributed by atoms with van der Waals surface area (Å²) >= 11 is 3.12. The second-order valence-electron chi connectivity index (χ2n) is 4.49. The van der Waals surface area contributed by atoms with Crippen molar-refractivity contribution >= 4 is 23.1 Å². The second kappa shape index (κ2) is 7.03. The van der Waals surface area contributed by atoms with Crippen LogP contribution in [-0.2, 0) is 11.3 Å². The Kier molecular flexibility index (Phi) is 4.86. The molecule has 0 aliphatic heterocycles. The molecule has 0 fully saturated rings. The molecular weight excluding hydrogens is 322 g/mol. The maximum absolute atomic E-state index is 5.36. The molecule has 0 aliphatic carbocycles. The molecule has 0 bridgehead atoms. The number of nitrogens with zero attached hydrogens (tertiary/aromatic N) is 5. The lowest BCUT2D eigenvalue weighted by Gasteiger charge is -2.07. The van der Waals surface area contributed by atoms with Crippen molar-refractivity contribution in [3.8, 4) is 10.7 Å². The molecule has 0 saturated carbocycles. The van der Waals surface area contributed by atoms with Crippen molar-refractivity contribution in [3.05, 3.63) is 29.7 Å². The van der Waals surface area contributed by atoms with Crippen molar-refractivity contribution in [2.24, 2.45) is 0 Å². The van der Waals surface area contributed by atoms with E-state index in [-0.39, 0.29) is 5.25 Å². The van der Waals surface area contributed by atoms with Crippen LogP contribution in [0.3, 0.4) is 0 Å². The Morgan fingerprint density at radius 3 is 3.18 bits per heavy atom. The highest BCUT2D eigenvalue weighted by atomic mass is 32.2. The Balaban J connectivity index is 1.70. The zero-order chi connectivity index (χ0) is 15.4. The Morgan fingerprint density at radius 2 is 2.41 bits per heavy atom. The number of ether oxygens (including phenoxy) is 1. The molecule has 116 valence electrons. The van der Waals surface area contributed by atoms with Crippen LogP contribution in [-0.4, -0.2) is 38.6 Å². The molecule has 1 atom stereocenters. The van der Waals surface area contributed by atoms with E-state index in [0.717, 1.165) is 10.0 Å². The van der Waals surface area contributed by atoms with Crippen molar-refractivity contribution in [1.29, 1.82) is 0 Å². The van der Waals surface area contributed by atoms with E-state index < -0.39 is 0 Å². The maximum atomic E-state index is 5.36. The van der Waals surface area contributed by atoms with E-state index in [9.17, 15) is 0 Å². The van der Waals surface area contributed by atoms with Gasteiger partial charge in [0, 0.05) is 13.7 Å². The quantitative estimate of drug-likeness (QED) is 0.613. The topological polar surface area (TPSA) is 78.9 Å². The first-order chi connectivity index (χ1) is 10.8. The first-order valence-electron chi connectivity index (χ1n) is 6.69. The molecular formula is C13H15N5O2S2. The Labute approximate surface area is 135 Å². The molecule has 3 heterocycles. The van der Waals surface area contributed by atoms with Crippen molar-refractivity contribution in [2.45, 2.75) is 23.9 Å². The highest BCUT2D eigenvalue weighted by molar-refractivity contribution is 7.99. The van der Waals surface area contributed by atoms with Crippen LogP contribution in [0.1, 0.15) is 18.1 Å². The lowest BCUT2D eigenvalue weighted by molar-refractivity contribution is 0.184. The molecule has 3 aromatic heterocycles. The first-order valence-corrected chi connectivity index (χ1v) is 8.44. The molecule has 0 spiro atoms. The fraction of sp³-hybridized carbons (Fsp3) is 0.385. The smallest absolute Gasteiger partial charge is 0.240 e. The van der Waals surface area contributed by atoms with Crippen LogP contribution < -0.4 is 0 Å². The summed E-state index contributed by atoms with van der Waals surface area (Å²) in [7, 11) is 1.67. The predicted molar refractivity (Wildman–Crippen MR) is 83.8 cm³/mol. The average molecular weight is 337 g/mol. The summed E-state index contributed by atoms with van der Waals surface area (Å²) in [6.45, 7) is 3.33. The molecule has 0 saturated heterocycles. The van der Waals surface area contributed by atoms with E-state index in [0.29, 0.717) is 24.9 Å². The summed E-state index contributed by atoms with van der Waals surface area (Å²) in [5.74, 6) is 1.20. The number of rotatable bonds is 7. The fourth-order valence-corrected chi connectivity index (χ4v) is 3.32. The third-order valence-corrected chi connectivity index (χ3v) is 4.88. The number of thioether (sulfide) groups is 1. The van der Waals surface area contributed by atoms with Gasteiger partial charge in [-0.3, -0.25) is 0 Å². The third kappa shape index (κ3) is 3.37. The summed E-state index contributed by atoms with van der Waals surface area (Å²) in [6, 6.07) is 3.94. The number of hydrogen-bond donors (Lipinski definition) is 0. The van der Waals surface area contributed by atoms with Gasteiger partial charge in [0.25, 0.3) is 0 Å². The summed E-state index contributed by atoms with van der Waals surface area (Å²) in [6.07, 6.45) is 1.69. The Bertz CT molecular complexity index is 710. The van der Waals surface area contributed by atoms with Crippen LogP contribution in [0, 0.1) is 0 Å². The largest absolute Gasteiger partial charge is 0.383 e. The summed E-state index contributed by atoms with van der Waals surface area (Å²) < 4.78 is 12.4. The van der Waals surface area contributed by atoms with Crippen molar-refractivity contribution < 1.29 is 9.26 Å². The molecule has 9 heteroatoms. The van der Waals surface area contributed by atoms with Gasteiger partial charge < -0.3 is 13.8 Å². The summed E-state index contributed by atoms with van der Waals surface area (Å²) in [4.78, 5) is 5.45. The van der Waals surface area contributed by atoms with Crippen LogP contribution in [0.4, 0.5) is 0 Å². The van der Waals surface area contributed by atoms with E-state index >= 15 is 0 Å². The lowest BCUT2D eigenvalue weighted by atomic mass is 10.4. The van der Waals surface area contributed by atoms with Crippen LogP contribution in [0.25, 0.3) is 10.7 Å². The van der Waals surface area contributed by atoms with Gasteiger partial charge >= 0.3 is 0 Å². The van der Waals surface area contributed by atoms with Gasteiger partial charge in [0.15, 0.2) is 5.16 Å². The third-order valence-electron chi connectivity index (χ3n) is 2.93. The van der Waals surface area contributed by atoms with E-state index in [1.54, 1.807) is 24.8 Å². The summed E-state index contributed by atoms with van der Waals surface area (Å²) in [5, 5.41) is 14.9. The zero-order valence-electron chi connectivity index (χ0n) is 12.2. The number of thiophene rings is 1. The molecule has 1 unspecified atom stereocenters. The second-order valence-corrected chi connectivity index (χ2v) is 6.75. The molecule has 3 aromatic rings. The van der Waals surface area contributed by atoms with Crippen molar-refractivity contribution in [1.82, 2.24) is 24.9 Å².